The van der Waals surface area contributed by atoms with Gasteiger partial charge < -0.3 is 9.64 Å². The summed E-state index contributed by atoms with van der Waals surface area (Å²) in [6.07, 6.45) is 0. The number of carbonyl (C=O) groups excluding carboxylic acids is 3. The fraction of sp³-hybridized carbons (Fsp3) is 0.192. The second-order valence-corrected chi connectivity index (χ2v) is 8.19. The maximum atomic E-state index is 13.5. The van der Waals surface area contributed by atoms with Crippen LogP contribution in [0.3, 0.4) is 0 Å². The molecule has 6 nitrogen and oxygen atoms in total. The highest BCUT2D eigenvalue weighted by atomic mass is 16.5. The van der Waals surface area contributed by atoms with E-state index in [9.17, 15) is 14.4 Å². The summed E-state index contributed by atoms with van der Waals surface area (Å²) in [5, 5.41) is 0. The number of rotatable bonds is 4. The minimum atomic E-state index is -0.921. The van der Waals surface area contributed by atoms with Crippen molar-refractivity contribution in [1.82, 2.24) is 4.90 Å². The minimum Gasteiger partial charge on any atom is -0.497 e. The van der Waals surface area contributed by atoms with Crippen LogP contribution in [0.4, 0.5) is 5.69 Å². The molecule has 0 aromatic heterocycles. The number of carbonyl (C=O) groups is 3. The van der Waals surface area contributed by atoms with Crippen LogP contribution in [0.5, 0.6) is 5.75 Å². The van der Waals surface area contributed by atoms with Crippen LogP contribution in [-0.4, -0.2) is 35.8 Å². The number of β-lactam (4-membered cyclic amide) rings is 1. The Hall–Kier alpha value is -3.93. The van der Waals surface area contributed by atoms with Crippen LogP contribution < -0.4 is 9.64 Å². The Morgan fingerprint density at radius 3 is 2.06 bits per heavy atom. The molecule has 3 aromatic carbocycles. The van der Waals surface area contributed by atoms with Gasteiger partial charge in [0, 0.05) is 5.69 Å². The summed E-state index contributed by atoms with van der Waals surface area (Å²) in [7, 11) is 1.58. The molecule has 0 bridgehead atoms. The number of hydrogen-bond donors (Lipinski definition) is 0. The molecule has 0 spiro atoms. The number of ether oxygens (including phenoxy) is 1. The number of anilines is 1. The van der Waals surface area contributed by atoms with E-state index in [0.29, 0.717) is 16.9 Å². The van der Waals surface area contributed by atoms with Crippen LogP contribution >= 0.6 is 0 Å². The zero-order valence-corrected chi connectivity index (χ0v) is 18.0. The van der Waals surface area contributed by atoms with Crippen LogP contribution in [0.1, 0.15) is 43.4 Å². The van der Waals surface area contributed by atoms with E-state index in [-0.39, 0.29) is 5.91 Å². The molecular formula is C26H22N2O4. The molecule has 3 amide bonds. The van der Waals surface area contributed by atoms with Gasteiger partial charge >= 0.3 is 0 Å². The van der Waals surface area contributed by atoms with E-state index in [2.05, 4.69) is 0 Å². The van der Waals surface area contributed by atoms with E-state index in [1.54, 1.807) is 36.3 Å². The molecule has 32 heavy (non-hydrogen) atoms. The predicted molar refractivity (Wildman–Crippen MR) is 120 cm³/mol. The molecular weight excluding hydrogens is 404 g/mol. The van der Waals surface area contributed by atoms with E-state index in [4.69, 9.17) is 4.74 Å². The molecule has 1 saturated heterocycles. The lowest BCUT2D eigenvalue weighted by Crippen LogP contribution is -2.67. The topological polar surface area (TPSA) is 66.9 Å². The number of methoxy groups -OCH3 is 1. The van der Waals surface area contributed by atoms with E-state index in [1.807, 2.05) is 56.3 Å². The van der Waals surface area contributed by atoms with Gasteiger partial charge in [-0.3, -0.25) is 19.3 Å². The number of benzene rings is 3. The Morgan fingerprint density at radius 2 is 1.44 bits per heavy atom. The summed E-state index contributed by atoms with van der Waals surface area (Å²) in [6.45, 7) is 3.95. The van der Waals surface area contributed by atoms with E-state index in [1.165, 1.54) is 0 Å². The largest absolute Gasteiger partial charge is 0.497 e. The SMILES string of the molecule is COc1cccc(C2C(N3C(=O)c4ccccc4C3=O)C(=O)N2c2ccc(C)cc2C)c1. The van der Waals surface area contributed by atoms with Crippen molar-refractivity contribution < 1.29 is 19.1 Å². The van der Waals surface area contributed by atoms with Gasteiger partial charge in [0.05, 0.1) is 24.3 Å². The van der Waals surface area contributed by atoms with Gasteiger partial charge in [-0.2, -0.15) is 0 Å². The standard InChI is InChI=1S/C26H22N2O4/c1-15-11-12-21(16(2)13-15)27-22(17-7-6-8-18(14-17)32-3)23(26(27)31)28-24(29)19-9-4-5-10-20(19)25(28)30/h4-14,22-23H,1-3H3. The monoisotopic (exact) mass is 426 g/mol. The van der Waals surface area contributed by atoms with Gasteiger partial charge in [-0.1, -0.05) is 42.0 Å². The van der Waals surface area contributed by atoms with Crippen LogP contribution in [0.2, 0.25) is 0 Å². The van der Waals surface area contributed by atoms with Gasteiger partial charge in [-0.25, -0.2) is 0 Å². The molecule has 0 saturated carbocycles. The van der Waals surface area contributed by atoms with Crippen LogP contribution in [0.15, 0.2) is 66.7 Å². The minimum absolute atomic E-state index is 0.278. The van der Waals surface area contributed by atoms with Crippen LogP contribution in [-0.2, 0) is 4.79 Å². The number of hydrogen-bond acceptors (Lipinski definition) is 4. The van der Waals surface area contributed by atoms with E-state index in [0.717, 1.165) is 27.3 Å². The van der Waals surface area contributed by atoms with Crippen molar-refractivity contribution in [3.05, 3.63) is 94.5 Å². The number of amides is 3. The summed E-state index contributed by atoms with van der Waals surface area (Å²) in [5.74, 6) is -0.503. The number of imide groups is 1. The predicted octanol–water partition coefficient (Wildman–Crippen LogP) is 4.06. The number of nitrogens with zero attached hydrogens (tertiary/aromatic N) is 2. The maximum Gasteiger partial charge on any atom is 0.262 e. The van der Waals surface area contributed by atoms with Crippen molar-refractivity contribution in [2.24, 2.45) is 0 Å². The normalized spacial score (nSPS) is 19.8. The summed E-state index contributed by atoms with van der Waals surface area (Å²) in [4.78, 5) is 42.6. The summed E-state index contributed by atoms with van der Waals surface area (Å²) < 4.78 is 5.38. The Kier molecular flexibility index (Phi) is 4.59. The third-order valence-electron chi connectivity index (χ3n) is 6.22. The van der Waals surface area contributed by atoms with Crippen molar-refractivity contribution in [3.63, 3.8) is 0 Å². The Bertz CT molecular complexity index is 1250. The van der Waals surface area contributed by atoms with Crippen molar-refractivity contribution >= 4 is 23.4 Å². The summed E-state index contributed by atoms with van der Waals surface area (Å²) >= 11 is 0. The van der Waals surface area contributed by atoms with Crippen LogP contribution in [0, 0.1) is 13.8 Å². The Morgan fingerprint density at radius 1 is 0.750 bits per heavy atom. The number of aryl methyl sites for hydroxylation is 2. The van der Waals surface area contributed by atoms with Crippen molar-refractivity contribution in [2.45, 2.75) is 25.9 Å². The van der Waals surface area contributed by atoms with Crippen molar-refractivity contribution in [1.29, 1.82) is 0 Å². The first kappa shape index (κ1) is 20.0. The fourth-order valence-electron chi connectivity index (χ4n) is 4.69. The van der Waals surface area contributed by atoms with E-state index < -0.39 is 23.9 Å². The molecule has 1 fully saturated rings. The lowest BCUT2D eigenvalue weighted by atomic mass is 9.85. The smallest absolute Gasteiger partial charge is 0.262 e. The first-order valence-electron chi connectivity index (χ1n) is 10.4. The first-order valence-corrected chi connectivity index (χ1v) is 10.4. The lowest BCUT2D eigenvalue weighted by Gasteiger charge is -2.50. The van der Waals surface area contributed by atoms with E-state index >= 15 is 0 Å². The molecule has 0 N–H and O–H groups in total. The Labute approximate surface area is 186 Å². The van der Waals surface area contributed by atoms with Gasteiger partial charge in [-0.15, -0.1) is 0 Å². The van der Waals surface area contributed by atoms with Crippen molar-refractivity contribution in [3.8, 4) is 5.75 Å². The third-order valence-corrected chi connectivity index (χ3v) is 6.22. The molecule has 2 aliphatic rings. The molecule has 2 unspecified atom stereocenters. The molecule has 6 heteroatoms. The average molecular weight is 426 g/mol. The zero-order chi connectivity index (χ0) is 22.6. The second-order valence-electron chi connectivity index (χ2n) is 8.19. The highest BCUT2D eigenvalue weighted by Crippen LogP contribution is 2.45. The van der Waals surface area contributed by atoms with Gasteiger partial charge in [0.2, 0.25) is 0 Å². The first-order chi connectivity index (χ1) is 15.4. The average Bonchev–Trinajstić information content (AvgIpc) is 3.04. The maximum absolute atomic E-state index is 13.5. The molecule has 3 aromatic rings. The summed E-state index contributed by atoms with van der Waals surface area (Å²) in [6, 6.07) is 18.5. The number of fused-ring (bicyclic) bond motifs is 1. The lowest BCUT2D eigenvalue weighted by molar-refractivity contribution is -0.130. The van der Waals surface area contributed by atoms with Gasteiger partial charge in [0.1, 0.15) is 11.8 Å². The Balaban J connectivity index is 1.62. The van der Waals surface area contributed by atoms with Gasteiger partial charge in [0.25, 0.3) is 17.7 Å². The van der Waals surface area contributed by atoms with Gasteiger partial charge in [0.15, 0.2) is 0 Å². The second kappa shape index (κ2) is 7.34. The molecule has 5 rings (SSSR count). The molecule has 2 aliphatic heterocycles. The molecule has 0 radical (unpaired) electrons. The highest BCUT2D eigenvalue weighted by Gasteiger charge is 2.57. The van der Waals surface area contributed by atoms with Crippen LogP contribution in [0.25, 0.3) is 0 Å². The third kappa shape index (κ3) is 2.83. The fourth-order valence-corrected chi connectivity index (χ4v) is 4.69. The molecule has 160 valence electrons. The zero-order valence-electron chi connectivity index (χ0n) is 18.0. The quantitative estimate of drug-likeness (QED) is 0.466. The van der Waals surface area contributed by atoms with Gasteiger partial charge in [-0.05, 0) is 55.3 Å². The molecule has 2 atom stereocenters. The summed E-state index contributed by atoms with van der Waals surface area (Å²) in [5.41, 5.74) is 4.27. The highest BCUT2D eigenvalue weighted by molar-refractivity contribution is 6.24. The molecule has 2 heterocycles. The van der Waals surface area contributed by atoms with Crippen molar-refractivity contribution in [2.75, 3.05) is 12.0 Å². The molecule has 0 aliphatic carbocycles.